The highest BCUT2D eigenvalue weighted by Gasteiger charge is 2.18. The van der Waals surface area contributed by atoms with Gasteiger partial charge in [0.25, 0.3) is 0 Å². The molecule has 1 aromatic rings. The van der Waals surface area contributed by atoms with E-state index in [0.29, 0.717) is 0 Å². The molecule has 0 radical (unpaired) electrons. The summed E-state index contributed by atoms with van der Waals surface area (Å²) in [5, 5.41) is 7.88. The van der Waals surface area contributed by atoms with Gasteiger partial charge in [-0.2, -0.15) is 0 Å². The molecule has 0 spiro atoms. The number of carbonyl (C=O) groups excluding carboxylic acids is 1. The zero-order chi connectivity index (χ0) is 12.3. The minimum absolute atomic E-state index is 0.227. The molecule has 0 amide bonds. The molecular weight excluding hydrogens is 220 g/mol. The first kappa shape index (κ1) is 11.8. The Morgan fingerprint density at radius 2 is 2.12 bits per heavy atom. The molecule has 6 nitrogen and oxygen atoms in total. The fourth-order valence-corrected chi connectivity index (χ4v) is 1.84. The predicted molar refractivity (Wildman–Crippen MR) is 62.8 cm³/mol. The third kappa shape index (κ3) is 2.71. The van der Waals surface area contributed by atoms with Crippen LogP contribution >= 0.6 is 0 Å². The van der Waals surface area contributed by atoms with Crippen LogP contribution in [0.5, 0.6) is 0 Å². The molecule has 0 atom stereocenters. The lowest BCUT2D eigenvalue weighted by atomic mass is 10.1. The smallest absolute Gasteiger partial charge is 0.358 e. The van der Waals surface area contributed by atoms with Crippen LogP contribution < -0.4 is 10.6 Å². The van der Waals surface area contributed by atoms with Gasteiger partial charge >= 0.3 is 5.97 Å². The second-order valence-electron chi connectivity index (χ2n) is 4.09. The summed E-state index contributed by atoms with van der Waals surface area (Å²) in [5.41, 5.74) is 6.06. The molecule has 1 fully saturated rings. The monoisotopic (exact) mass is 236 g/mol. The molecule has 0 aliphatic carbocycles. The van der Waals surface area contributed by atoms with Crippen molar-refractivity contribution in [3.05, 3.63) is 17.8 Å². The fourth-order valence-electron chi connectivity index (χ4n) is 1.84. The first-order chi connectivity index (χ1) is 8.20. The summed E-state index contributed by atoms with van der Waals surface area (Å²) in [6.45, 7) is 1.76. The van der Waals surface area contributed by atoms with Crippen molar-refractivity contribution in [3.8, 4) is 0 Å². The zero-order valence-electron chi connectivity index (χ0n) is 9.80. The van der Waals surface area contributed by atoms with Crippen LogP contribution in [0.15, 0.2) is 12.1 Å². The summed E-state index contributed by atoms with van der Waals surface area (Å²) in [7, 11) is 1.32. The number of ether oxygens (including phenoxy) is 1. The number of hydrogen-bond donors (Lipinski definition) is 1. The first-order valence-electron chi connectivity index (χ1n) is 5.63. The number of nitrogens with two attached hydrogens (primary N) is 1. The molecule has 17 heavy (non-hydrogen) atoms. The summed E-state index contributed by atoms with van der Waals surface area (Å²) in [6.07, 6.45) is 1.92. The van der Waals surface area contributed by atoms with Crippen LogP contribution in [0.4, 0.5) is 5.82 Å². The average molecular weight is 236 g/mol. The Kier molecular flexibility index (Phi) is 3.53. The van der Waals surface area contributed by atoms with Crippen LogP contribution in [0.1, 0.15) is 23.3 Å². The second-order valence-corrected chi connectivity index (χ2v) is 4.09. The standard InChI is InChI=1S/C11H16N4O2/c1-17-11(16)9-2-3-10(14-13-9)15-6-4-8(12)5-7-15/h2-3,8H,4-7,12H2,1H3. The average Bonchev–Trinajstić information content (AvgIpc) is 2.39. The quantitative estimate of drug-likeness (QED) is 0.738. The number of nitrogens with zero attached hydrogens (tertiary/aromatic N) is 3. The maximum atomic E-state index is 11.2. The molecule has 2 heterocycles. The van der Waals surface area contributed by atoms with Gasteiger partial charge in [-0.25, -0.2) is 4.79 Å². The Balaban J connectivity index is 2.05. The maximum absolute atomic E-state index is 11.2. The molecule has 1 aromatic heterocycles. The van der Waals surface area contributed by atoms with Crippen LogP contribution in [-0.4, -0.2) is 42.4 Å². The Bertz CT molecular complexity index is 385. The summed E-state index contributed by atoms with van der Waals surface area (Å²) in [5.74, 6) is 0.314. The number of esters is 1. The third-order valence-corrected chi connectivity index (χ3v) is 2.91. The number of carbonyl (C=O) groups is 1. The van der Waals surface area contributed by atoms with Gasteiger partial charge in [0, 0.05) is 19.1 Å². The molecule has 0 saturated carbocycles. The molecule has 92 valence electrons. The van der Waals surface area contributed by atoms with E-state index < -0.39 is 5.97 Å². The Hall–Kier alpha value is -1.69. The van der Waals surface area contributed by atoms with E-state index in [1.807, 2.05) is 0 Å². The van der Waals surface area contributed by atoms with Gasteiger partial charge in [0.15, 0.2) is 11.5 Å². The van der Waals surface area contributed by atoms with E-state index in [2.05, 4.69) is 19.8 Å². The summed E-state index contributed by atoms with van der Waals surface area (Å²) >= 11 is 0. The van der Waals surface area contributed by atoms with Gasteiger partial charge in [-0.05, 0) is 25.0 Å². The number of hydrogen-bond acceptors (Lipinski definition) is 6. The van der Waals surface area contributed by atoms with E-state index in [9.17, 15) is 4.79 Å². The lowest BCUT2D eigenvalue weighted by Gasteiger charge is -2.30. The molecule has 1 saturated heterocycles. The van der Waals surface area contributed by atoms with Gasteiger partial charge in [0.2, 0.25) is 0 Å². The molecule has 2 N–H and O–H groups in total. The molecule has 0 unspecified atom stereocenters. The predicted octanol–water partition coefficient (Wildman–Crippen LogP) is 0.191. The van der Waals surface area contributed by atoms with E-state index in [0.717, 1.165) is 31.7 Å². The van der Waals surface area contributed by atoms with E-state index in [1.165, 1.54) is 7.11 Å². The van der Waals surface area contributed by atoms with Gasteiger partial charge < -0.3 is 15.4 Å². The van der Waals surface area contributed by atoms with Crippen LogP contribution in [0.2, 0.25) is 0 Å². The van der Waals surface area contributed by atoms with Crippen molar-refractivity contribution in [3.63, 3.8) is 0 Å². The van der Waals surface area contributed by atoms with Gasteiger partial charge in [-0.3, -0.25) is 0 Å². The number of methoxy groups -OCH3 is 1. The SMILES string of the molecule is COC(=O)c1ccc(N2CCC(N)CC2)nn1. The molecule has 1 aliphatic heterocycles. The van der Waals surface area contributed by atoms with Crippen molar-refractivity contribution < 1.29 is 9.53 Å². The van der Waals surface area contributed by atoms with E-state index >= 15 is 0 Å². The Morgan fingerprint density at radius 1 is 1.41 bits per heavy atom. The van der Waals surface area contributed by atoms with Gasteiger partial charge in [-0.1, -0.05) is 0 Å². The summed E-state index contributed by atoms with van der Waals surface area (Å²) in [6, 6.07) is 3.70. The molecule has 1 aliphatic rings. The fraction of sp³-hybridized carbons (Fsp3) is 0.545. The summed E-state index contributed by atoms with van der Waals surface area (Å²) < 4.78 is 4.56. The van der Waals surface area contributed by atoms with Crippen molar-refractivity contribution >= 4 is 11.8 Å². The molecular formula is C11H16N4O2. The van der Waals surface area contributed by atoms with Crippen LogP contribution in [-0.2, 0) is 4.74 Å². The minimum Gasteiger partial charge on any atom is -0.464 e. The van der Waals surface area contributed by atoms with Crippen LogP contribution in [0, 0.1) is 0 Å². The molecule has 2 rings (SSSR count). The zero-order valence-corrected chi connectivity index (χ0v) is 9.80. The first-order valence-corrected chi connectivity index (χ1v) is 5.63. The van der Waals surface area contributed by atoms with Gasteiger partial charge in [0.1, 0.15) is 0 Å². The second kappa shape index (κ2) is 5.09. The number of rotatable bonds is 2. The van der Waals surface area contributed by atoms with Crippen molar-refractivity contribution in [1.29, 1.82) is 0 Å². The van der Waals surface area contributed by atoms with Crippen LogP contribution in [0.25, 0.3) is 0 Å². The van der Waals surface area contributed by atoms with Crippen molar-refractivity contribution in [2.75, 3.05) is 25.1 Å². The lowest BCUT2D eigenvalue weighted by molar-refractivity contribution is 0.0592. The normalized spacial score (nSPS) is 16.9. The van der Waals surface area contributed by atoms with Gasteiger partial charge in [-0.15, -0.1) is 10.2 Å². The molecule has 6 heteroatoms. The van der Waals surface area contributed by atoms with Crippen LogP contribution in [0.3, 0.4) is 0 Å². The highest BCUT2D eigenvalue weighted by Crippen LogP contribution is 2.16. The van der Waals surface area contributed by atoms with Crippen molar-refractivity contribution in [2.45, 2.75) is 18.9 Å². The number of piperidine rings is 1. The minimum atomic E-state index is -0.468. The third-order valence-electron chi connectivity index (χ3n) is 2.91. The highest BCUT2D eigenvalue weighted by atomic mass is 16.5. The van der Waals surface area contributed by atoms with E-state index in [-0.39, 0.29) is 11.7 Å². The molecule has 0 aromatic carbocycles. The Morgan fingerprint density at radius 3 is 2.65 bits per heavy atom. The number of aromatic nitrogens is 2. The lowest BCUT2D eigenvalue weighted by Crippen LogP contribution is -2.40. The van der Waals surface area contributed by atoms with E-state index in [4.69, 9.17) is 5.73 Å². The topological polar surface area (TPSA) is 81.3 Å². The van der Waals surface area contributed by atoms with Gasteiger partial charge in [0.05, 0.1) is 7.11 Å². The number of anilines is 1. The largest absolute Gasteiger partial charge is 0.464 e. The van der Waals surface area contributed by atoms with Crippen molar-refractivity contribution in [2.24, 2.45) is 5.73 Å². The van der Waals surface area contributed by atoms with Crippen molar-refractivity contribution in [1.82, 2.24) is 10.2 Å². The molecule has 0 bridgehead atoms. The Labute approximate surface area is 99.8 Å². The van der Waals surface area contributed by atoms with E-state index in [1.54, 1.807) is 12.1 Å². The maximum Gasteiger partial charge on any atom is 0.358 e. The highest BCUT2D eigenvalue weighted by molar-refractivity contribution is 5.86. The summed E-state index contributed by atoms with van der Waals surface area (Å²) in [4.78, 5) is 13.3.